The average molecular weight is 213 g/mol. The van der Waals surface area contributed by atoms with E-state index in [9.17, 15) is 0 Å². The van der Waals surface area contributed by atoms with E-state index in [4.69, 9.17) is 11.6 Å². The minimum absolute atomic E-state index is 0.0633. The van der Waals surface area contributed by atoms with E-state index in [1.807, 2.05) is 0 Å². The maximum absolute atomic E-state index is 5.70. The normalized spacial score (nSPS) is 26.4. The topological polar surface area (TPSA) is 49.8 Å². The van der Waals surface area contributed by atoms with Crippen LogP contribution in [0.5, 0.6) is 0 Å². The minimum atomic E-state index is 0.0633. The smallest absolute Gasteiger partial charge is 0.223 e. The first-order valence-electron chi connectivity index (χ1n) is 4.64. The number of hydrogen-bond donors (Lipinski definition) is 2. The molecule has 5 heteroatoms. The first-order valence-corrected chi connectivity index (χ1v) is 5.02. The van der Waals surface area contributed by atoms with E-state index in [2.05, 4.69) is 27.5 Å². The predicted molar refractivity (Wildman–Crippen MR) is 56.6 cm³/mol. The molecule has 1 atom stereocenters. The van der Waals surface area contributed by atoms with Gasteiger partial charge in [0, 0.05) is 6.54 Å². The summed E-state index contributed by atoms with van der Waals surface area (Å²) in [5, 5.41) is 7.16. The fourth-order valence-electron chi connectivity index (χ4n) is 1.57. The Bertz CT molecular complexity index is 305. The Morgan fingerprint density at radius 2 is 2.21 bits per heavy atom. The molecule has 1 saturated heterocycles. The fourth-order valence-corrected chi connectivity index (χ4v) is 1.67. The van der Waals surface area contributed by atoms with E-state index in [-0.39, 0.29) is 5.54 Å². The van der Waals surface area contributed by atoms with Crippen molar-refractivity contribution in [3.63, 3.8) is 0 Å². The van der Waals surface area contributed by atoms with E-state index in [0.717, 1.165) is 19.5 Å². The molecule has 1 fully saturated rings. The van der Waals surface area contributed by atoms with Gasteiger partial charge in [-0.1, -0.05) is 11.6 Å². The van der Waals surface area contributed by atoms with Crippen LogP contribution in [0.3, 0.4) is 0 Å². The zero-order valence-corrected chi connectivity index (χ0v) is 8.80. The third-order valence-electron chi connectivity index (χ3n) is 2.40. The molecule has 0 amide bonds. The first-order chi connectivity index (χ1) is 6.68. The SMILES string of the molecule is C[C@]1(Nc2ncc(Cl)cn2)CCNC1. The average Bonchev–Trinajstić information content (AvgIpc) is 2.57. The third-order valence-corrected chi connectivity index (χ3v) is 2.60. The third kappa shape index (κ3) is 2.13. The molecule has 0 aromatic carbocycles. The van der Waals surface area contributed by atoms with Crippen LogP contribution in [0.1, 0.15) is 13.3 Å². The number of aromatic nitrogens is 2. The Morgan fingerprint density at radius 1 is 1.50 bits per heavy atom. The standard InChI is InChI=1S/C9H13ClN4/c1-9(2-3-11-6-9)14-8-12-4-7(10)5-13-8/h4-5,11H,2-3,6H2,1H3,(H,12,13,14)/t9-/m0/s1. The summed E-state index contributed by atoms with van der Waals surface area (Å²) in [5.41, 5.74) is 0.0633. The lowest BCUT2D eigenvalue weighted by Gasteiger charge is -2.24. The van der Waals surface area contributed by atoms with Crippen molar-refractivity contribution in [3.8, 4) is 0 Å². The second kappa shape index (κ2) is 3.71. The van der Waals surface area contributed by atoms with Crippen LogP contribution >= 0.6 is 11.6 Å². The van der Waals surface area contributed by atoms with Gasteiger partial charge in [0.05, 0.1) is 23.0 Å². The number of anilines is 1. The van der Waals surface area contributed by atoms with Crippen LogP contribution in [0.4, 0.5) is 5.95 Å². The molecule has 14 heavy (non-hydrogen) atoms. The van der Waals surface area contributed by atoms with Gasteiger partial charge in [0.15, 0.2) is 0 Å². The van der Waals surface area contributed by atoms with Crippen molar-refractivity contribution in [3.05, 3.63) is 17.4 Å². The van der Waals surface area contributed by atoms with Gasteiger partial charge >= 0.3 is 0 Å². The summed E-state index contributed by atoms with van der Waals surface area (Å²) < 4.78 is 0. The van der Waals surface area contributed by atoms with Crippen LogP contribution in [-0.4, -0.2) is 28.6 Å². The summed E-state index contributed by atoms with van der Waals surface area (Å²) in [7, 11) is 0. The molecule has 0 aliphatic carbocycles. The number of rotatable bonds is 2. The van der Waals surface area contributed by atoms with Gasteiger partial charge in [-0.25, -0.2) is 9.97 Å². The van der Waals surface area contributed by atoms with Gasteiger partial charge < -0.3 is 10.6 Å². The molecule has 1 aromatic rings. The molecule has 2 rings (SSSR count). The Morgan fingerprint density at radius 3 is 2.79 bits per heavy atom. The zero-order valence-electron chi connectivity index (χ0n) is 8.05. The molecule has 1 aliphatic heterocycles. The van der Waals surface area contributed by atoms with Crippen LogP contribution < -0.4 is 10.6 Å². The van der Waals surface area contributed by atoms with Crippen LogP contribution in [-0.2, 0) is 0 Å². The monoisotopic (exact) mass is 212 g/mol. The summed E-state index contributed by atoms with van der Waals surface area (Å²) in [6.07, 6.45) is 4.28. The molecule has 1 aromatic heterocycles. The molecule has 0 unspecified atom stereocenters. The minimum Gasteiger partial charge on any atom is -0.348 e. The summed E-state index contributed by atoms with van der Waals surface area (Å²) in [6.45, 7) is 4.14. The van der Waals surface area contributed by atoms with Gasteiger partial charge in [0.1, 0.15) is 0 Å². The number of hydrogen-bond acceptors (Lipinski definition) is 4. The van der Waals surface area contributed by atoms with Gasteiger partial charge in [-0.2, -0.15) is 0 Å². The van der Waals surface area contributed by atoms with Crippen molar-refractivity contribution in [1.82, 2.24) is 15.3 Å². The van der Waals surface area contributed by atoms with Crippen molar-refractivity contribution < 1.29 is 0 Å². The van der Waals surface area contributed by atoms with Crippen LogP contribution in [0.25, 0.3) is 0 Å². The van der Waals surface area contributed by atoms with Crippen molar-refractivity contribution >= 4 is 17.5 Å². The van der Waals surface area contributed by atoms with Crippen molar-refractivity contribution in [1.29, 1.82) is 0 Å². The Balaban J connectivity index is 2.06. The van der Waals surface area contributed by atoms with E-state index >= 15 is 0 Å². The highest BCUT2D eigenvalue weighted by Crippen LogP contribution is 2.18. The summed E-state index contributed by atoms with van der Waals surface area (Å²) in [6, 6.07) is 0. The summed E-state index contributed by atoms with van der Waals surface area (Å²) >= 11 is 5.70. The van der Waals surface area contributed by atoms with Crippen LogP contribution in [0.2, 0.25) is 5.02 Å². The van der Waals surface area contributed by atoms with E-state index in [1.54, 1.807) is 12.4 Å². The molecule has 0 radical (unpaired) electrons. The fraction of sp³-hybridized carbons (Fsp3) is 0.556. The molecule has 76 valence electrons. The number of nitrogens with zero attached hydrogens (tertiary/aromatic N) is 2. The van der Waals surface area contributed by atoms with Gasteiger partial charge in [-0.05, 0) is 19.9 Å². The zero-order chi connectivity index (χ0) is 10.0. The molecule has 4 nitrogen and oxygen atoms in total. The molecular weight excluding hydrogens is 200 g/mol. The highest BCUT2D eigenvalue weighted by molar-refractivity contribution is 6.30. The predicted octanol–water partition coefficient (Wildman–Crippen LogP) is 1.29. The highest BCUT2D eigenvalue weighted by Gasteiger charge is 2.28. The Kier molecular flexibility index (Phi) is 2.56. The summed E-state index contributed by atoms with van der Waals surface area (Å²) in [5.74, 6) is 0.639. The maximum Gasteiger partial charge on any atom is 0.223 e. The molecule has 0 saturated carbocycles. The lowest BCUT2D eigenvalue weighted by Crippen LogP contribution is -2.37. The molecule has 2 heterocycles. The first kappa shape index (κ1) is 9.68. The van der Waals surface area contributed by atoms with Crippen LogP contribution in [0.15, 0.2) is 12.4 Å². The van der Waals surface area contributed by atoms with Crippen molar-refractivity contribution in [2.75, 3.05) is 18.4 Å². The molecular formula is C9H13ClN4. The molecule has 0 spiro atoms. The second-order valence-electron chi connectivity index (χ2n) is 3.84. The molecule has 0 bridgehead atoms. The van der Waals surface area contributed by atoms with Crippen LogP contribution in [0, 0.1) is 0 Å². The largest absolute Gasteiger partial charge is 0.348 e. The summed E-state index contributed by atoms with van der Waals surface area (Å²) in [4.78, 5) is 8.21. The van der Waals surface area contributed by atoms with Gasteiger partial charge in [-0.15, -0.1) is 0 Å². The highest BCUT2D eigenvalue weighted by atomic mass is 35.5. The van der Waals surface area contributed by atoms with Gasteiger partial charge in [0.2, 0.25) is 5.95 Å². The van der Waals surface area contributed by atoms with Crippen molar-refractivity contribution in [2.45, 2.75) is 18.9 Å². The lowest BCUT2D eigenvalue weighted by molar-refractivity contribution is 0.561. The van der Waals surface area contributed by atoms with E-state index in [1.165, 1.54) is 0 Å². The Labute approximate surface area is 88.1 Å². The lowest BCUT2D eigenvalue weighted by atomic mass is 10.0. The van der Waals surface area contributed by atoms with E-state index in [0.29, 0.717) is 11.0 Å². The number of nitrogens with one attached hydrogen (secondary N) is 2. The Hall–Kier alpha value is -0.870. The van der Waals surface area contributed by atoms with Crippen molar-refractivity contribution in [2.24, 2.45) is 0 Å². The molecule has 2 N–H and O–H groups in total. The van der Waals surface area contributed by atoms with E-state index < -0.39 is 0 Å². The maximum atomic E-state index is 5.70. The quantitative estimate of drug-likeness (QED) is 0.776. The van der Waals surface area contributed by atoms with Gasteiger partial charge in [-0.3, -0.25) is 0 Å². The second-order valence-corrected chi connectivity index (χ2v) is 4.27. The molecule has 1 aliphatic rings. The van der Waals surface area contributed by atoms with Gasteiger partial charge in [0.25, 0.3) is 0 Å². The number of halogens is 1.